The zero-order valence-corrected chi connectivity index (χ0v) is 11.9. The minimum absolute atomic E-state index is 0.0874. The van der Waals surface area contributed by atoms with Gasteiger partial charge < -0.3 is 5.32 Å². The highest BCUT2D eigenvalue weighted by Crippen LogP contribution is 2.29. The molecule has 0 heterocycles. The first kappa shape index (κ1) is 15.8. The van der Waals surface area contributed by atoms with Crippen molar-refractivity contribution < 1.29 is 17.6 Å². The average Bonchev–Trinajstić information content (AvgIpc) is 2.26. The van der Waals surface area contributed by atoms with Crippen molar-refractivity contribution in [3.05, 3.63) is 34.1 Å². The van der Waals surface area contributed by atoms with Crippen LogP contribution in [-0.2, 0) is 0 Å². The van der Waals surface area contributed by atoms with Crippen LogP contribution < -0.4 is 5.32 Å². The molecule has 18 heavy (non-hydrogen) atoms. The van der Waals surface area contributed by atoms with E-state index in [0.717, 1.165) is 4.47 Å². The van der Waals surface area contributed by atoms with Crippen molar-refractivity contribution in [2.24, 2.45) is 0 Å². The predicted molar refractivity (Wildman–Crippen MR) is 69.0 cm³/mol. The SMILES string of the molecule is CC(NCCSC(F)(F)F)c1cc(Br)ccc1F. The fraction of sp³-hybridized carbons (Fsp3) is 0.455. The summed E-state index contributed by atoms with van der Waals surface area (Å²) in [5.74, 6) is -0.467. The van der Waals surface area contributed by atoms with Crippen LogP contribution in [0, 0.1) is 5.82 Å². The van der Waals surface area contributed by atoms with Crippen LogP contribution in [0.2, 0.25) is 0 Å². The third-order valence-corrected chi connectivity index (χ3v) is 3.47. The van der Waals surface area contributed by atoms with Gasteiger partial charge in [0, 0.05) is 28.4 Å². The largest absolute Gasteiger partial charge is 0.441 e. The van der Waals surface area contributed by atoms with Crippen LogP contribution in [0.3, 0.4) is 0 Å². The van der Waals surface area contributed by atoms with Crippen molar-refractivity contribution in [1.82, 2.24) is 5.32 Å². The molecule has 0 radical (unpaired) electrons. The number of hydrogen-bond acceptors (Lipinski definition) is 2. The number of nitrogens with one attached hydrogen (secondary N) is 1. The number of hydrogen-bond donors (Lipinski definition) is 1. The molecule has 1 rings (SSSR count). The number of halogens is 5. The van der Waals surface area contributed by atoms with Crippen LogP contribution in [0.15, 0.2) is 22.7 Å². The van der Waals surface area contributed by atoms with Crippen LogP contribution in [0.5, 0.6) is 0 Å². The standard InChI is InChI=1S/C11H12BrF4NS/c1-7(17-4-5-18-11(14,15)16)9-6-8(12)2-3-10(9)13/h2-3,6-7,17H,4-5H2,1H3. The van der Waals surface area contributed by atoms with Gasteiger partial charge in [-0.2, -0.15) is 13.2 Å². The molecular formula is C11H12BrF4NS. The van der Waals surface area contributed by atoms with E-state index in [4.69, 9.17) is 0 Å². The fourth-order valence-electron chi connectivity index (χ4n) is 1.40. The molecule has 0 bridgehead atoms. The lowest BCUT2D eigenvalue weighted by Crippen LogP contribution is -2.23. The minimum atomic E-state index is -4.22. The quantitative estimate of drug-likeness (QED) is 0.623. The van der Waals surface area contributed by atoms with Crippen LogP contribution in [0.1, 0.15) is 18.5 Å². The molecule has 1 atom stereocenters. The highest BCUT2D eigenvalue weighted by Gasteiger charge is 2.27. The van der Waals surface area contributed by atoms with Crippen molar-refractivity contribution in [3.8, 4) is 0 Å². The second-order valence-electron chi connectivity index (χ2n) is 3.64. The molecular weight excluding hydrogens is 334 g/mol. The van der Waals surface area contributed by atoms with E-state index < -0.39 is 5.51 Å². The zero-order chi connectivity index (χ0) is 13.8. The van der Waals surface area contributed by atoms with Gasteiger partial charge in [0.2, 0.25) is 0 Å². The Balaban J connectivity index is 2.45. The molecule has 102 valence electrons. The van der Waals surface area contributed by atoms with E-state index in [2.05, 4.69) is 21.2 Å². The summed E-state index contributed by atoms with van der Waals surface area (Å²) < 4.78 is 49.9. The van der Waals surface area contributed by atoms with E-state index in [0.29, 0.717) is 5.56 Å². The van der Waals surface area contributed by atoms with Crippen molar-refractivity contribution in [3.63, 3.8) is 0 Å². The monoisotopic (exact) mass is 345 g/mol. The first-order chi connectivity index (χ1) is 8.29. The lowest BCUT2D eigenvalue weighted by atomic mass is 10.1. The first-order valence-electron chi connectivity index (χ1n) is 5.18. The lowest BCUT2D eigenvalue weighted by Gasteiger charge is -2.15. The summed E-state index contributed by atoms with van der Waals surface area (Å²) >= 11 is 3.14. The summed E-state index contributed by atoms with van der Waals surface area (Å²) in [4.78, 5) is 0. The Morgan fingerprint density at radius 1 is 1.39 bits per heavy atom. The van der Waals surface area contributed by atoms with Gasteiger partial charge in [-0.1, -0.05) is 15.9 Å². The van der Waals surface area contributed by atoms with Gasteiger partial charge in [-0.05, 0) is 36.9 Å². The van der Waals surface area contributed by atoms with Gasteiger partial charge in [0.1, 0.15) is 5.82 Å². The highest BCUT2D eigenvalue weighted by atomic mass is 79.9. The minimum Gasteiger partial charge on any atom is -0.309 e. The van der Waals surface area contributed by atoms with E-state index in [1.807, 2.05) is 0 Å². The fourth-order valence-corrected chi connectivity index (χ4v) is 2.23. The number of thioether (sulfide) groups is 1. The maximum atomic E-state index is 13.5. The van der Waals surface area contributed by atoms with Gasteiger partial charge >= 0.3 is 5.51 Å². The molecule has 1 N–H and O–H groups in total. The molecule has 1 unspecified atom stereocenters. The Morgan fingerprint density at radius 2 is 2.06 bits per heavy atom. The van der Waals surface area contributed by atoms with Gasteiger partial charge in [-0.15, -0.1) is 0 Å². The molecule has 1 aromatic rings. The van der Waals surface area contributed by atoms with Gasteiger partial charge in [-0.3, -0.25) is 0 Å². The molecule has 7 heteroatoms. The summed E-state index contributed by atoms with van der Waals surface area (Å²) in [7, 11) is 0. The highest BCUT2D eigenvalue weighted by molar-refractivity contribution is 9.10. The maximum absolute atomic E-state index is 13.5. The second kappa shape index (κ2) is 6.77. The Kier molecular flexibility index (Phi) is 5.94. The Hall–Kier alpha value is -0.270. The molecule has 0 aliphatic heterocycles. The van der Waals surface area contributed by atoms with E-state index >= 15 is 0 Å². The molecule has 0 saturated heterocycles. The van der Waals surface area contributed by atoms with Crippen molar-refractivity contribution in [2.75, 3.05) is 12.3 Å². The Bertz CT molecular complexity index is 397. The number of benzene rings is 1. The Labute approximate surface area is 115 Å². The summed E-state index contributed by atoms with van der Waals surface area (Å²) in [6.45, 7) is 1.88. The summed E-state index contributed by atoms with van der Waals surface area (Å²) in [5, 5.41) is 2.86. The normalized spacial score (nSPS) is 13.7. The zero-order valence-electron chi connectivity index (χ0n) is 9.52. The second-order valence-corrected chi connectivity index (χ2v) is 5.71. The molecule has 1 aromatic carbocycles. The first-order valence-corrected chi connectivity index (χ1v) is 6.96. The number of alkyl halides is 3. The number of rotatable bonds is 5. The van der Waals surface area contributed by atoms with Gasteiger partial charge in [0.05, 0.1) is 0 Å². The van der Waals surface area contributed by atoms with Crippen LogP contribution in [0.25, 0.3) is 0 Å². The molecule has 0 aliphatic carbocycles. The summed E-state index contributed by atoms with van der Waals surface area (Å²) in [6, 6.07) is 4.17. The lowest BCUT2D eigenvalue weighted by molar-refractivity contribution is -0.0327. The molecule has 0 aliphatic rings. The van der Waals surface area contributed by atoms with E-state index in [9.17, 15) is 17.6 Å². The third-order valence-electron chi connectivity index (χ3n) is 2.24. The van der Waals surface area contributed by atoms with Crippen molar-refractivity contribution in [2.45, 2.75) is 18.5 Å². The van der Waals surface area contributed by atoms with Gasteiger partial charge in [0.25, 0.3) is 0 Å². The molecule has 0 aromatic heterocycles. The van der Waals surface area contributed by atoms with Crippen molar-refractivity contribution in [1.29, 1.82) is 0 Å². The predicted octanol–water partition coefficient (Wildman–Crippen LogP) is 4.49. The maximum Gasteiger partial charge on any atom is 0.441 e. The van der Waals surface area contributed by atoms with Crippen LogP contribution in [-0.4, -0.2) is 17.8 Å². The van der Waals surface area contributed by atoms with E-state index in [1.54, 1.807) is 19.1 Å². The van der Waals surface area contributed by atoms with Gasteiger partial charge in [0.15, 0.2) is 0 Å². The molecule has 0 amide bonds. The van der Waals surface area contributed by atoms with Crippen LogP contribution in [0.4, 0.5) is 17.6 Å². The average molecular weight is 346 g/mol. The molecule has 1 nitrogen and oxygen atoms in total. The van der Waals surface area contributed by atoms with E-state index in [1.165, 1.54) is 6.07 Å². The summed E-state index contributed by atoms with van der Waals surface area (Å²) in [6.07, 6.45) is 0. The smallest absolute Gasteiger partial charge is 0.309 e. The molecule has 0 fully saturated rings. The van der Waals surface area contributed by atoms with Gasteiger partial charge in [-0.25, -0.2) is 4.39 Å². The summed E-state index contributed by atoms with van der Waals surface area (Å²) in [5.41, 5.74) is -3.78. The molecule has 0 saturated carbocycles. The Morgan fingerprint density at radius 3 is 2.67 bits per heavy atom. The van der Waals surface area contributed by atoms with Crippen molar-refractivity contribution >= 4 is 27.7 Å². The topological polar surface area (TPSA) is 12.0 Å². The van der Waals surface area contributed by atoms with Crippen LogP contribution >= 0.6 is 27.7 Å². The van der Waals surface area contributed by atoms with E-state index in [-0.39, 0.29) is 35.9 Å². The third kappa shape index (κ3) is 5.58. The molecule has 0 spiro atoms.